The number of guanidine groups is 1. The van der Waals surface area contributed by atoms with Gasteiger partial charge >= 0.3 is 0 Å². The lowest BCUT2D eigenvalue weighted by molar-refractivity contribution is 0.376. The van der Waals surface area contributed by atoms with E-state index in [1.165, 1.54) is 0 Å². The SMILES string of the molecule is CCNC(=NCc1cc(C(C)C)no1)NCc1oc2ccccc2c1C.I. The number of rotatable bonds is 6. The Morgan fingerprint density at radius 2 is 2.00 bits per heavy atom. The van der Waals surface area contributed by atoms with E-state index in [1.807, 2.05) is 31.2 Å². The molecule has 2 N–H and O–H groups in total. The van der Waals surface area contributed by atoms with Crippen LogP contribution in [0.3, 0.4) is 0 Å². The lowest BCUT2D eigenvalue weighted by Crippen LogP contribution is -2.36. The van der Waals surface area contributed by atoms with Gasteiger partial charge in [0.05, 0.1) is 12.2 Å². The Morgan fingerprint density at radius 1 is 1.22 bits per heavy atom. The molecule has 2 aromatic heterocycles. The Kier molecular flexibility index (Phi) is 7.70. The predicted octanol–water partition coefficient (Wildman–Crippen LogP) is 4.73. The summed E-state index contributed by atoms with van der Waals surface area (Å²) in [5.74, 6) is 2.73. The van der Waals surface area contributed by atoms with Gasteiger partial charge in [-0.15, -0.1) is 24.0 Å². The van der Waals surface area contributed by atoms with Crippen LogP contribution >= 0.6 is 24.0 Å². The maximum atomic E-state index is 5.95. The topological polar surface area (TPSA) is 75.6 Å². The third-order valence-electron chi connectivity index (χ3n) is 4.26. The normalized spacial score (nSPS) is 11.7. The molecule has 0 saturated carbocycles. The van der Waals surface area contributed by atoms with Gasteiger partial charge in [0.15, 0.2) is 11.7 Å². The number of halogens is 1. The molecular formula is C20H27IN4O2. The van der Waals surface area contributed by atoms with Gasteiger partial charge in [-0.1, -0.05) is 37.2 Å². The summed E-state index contributed by atoms with van der Waals surface area (Å²) in [6, 6.07) is 10.0. The molecule has 0 aliphatic heterocycles. The van der Waals surface area contributed by atoms with Gasteiger partial charge in [0.25, 0.3) is 0 Å². The van der Waals surface area contributed by atoms with E-state index in [0.29, 0.717) is 19.0 Å². The van der Waals surface area contributed by atoms with Crippen LogP contribution in [0.15, 0.2) is 44.3 Å². The third-order valence-corrected chi connectivity index (χ3v) is 4.26. The Bertz CT molecular complexity index is 898. The zero-order chi connectivity index (χ0) is 18.5. The molecule has 0 aliphatic carbocycles. The van der Waals surface area contributed by atoms with Gasteiger partial charge in [0.1, 0.15) is 17.9 Å². The van der Waals surface area contributed by atoms with E-state index in [4.69, 9.17) is 8.94 Å². The first-order valence-electron chi connectivity index (χ1n) is 9.03. The Morgan fingerprint density at radius 3 is 2.67 bits per heavy atom. The van der Waals surface area contributed by atoms with Crippen LogP contribution in [0.5, 0.6) is 0 Å². The number of nitrogens with zero attached hydrogens (tertiary/aromatic N) is 2. The molecule has 0 radical (unpaired) electrons. The Labute approximate surface area is 176 Å². The van der Waals surface area contributed by atoms with E-state index < -0.39 is 0 Å². The van der Waals surface area contributed by atoms with Crippen LogP contribution in [0.25, 0.3) is 11.0 Å². The second-order valence-electron chi connectivity index (χ2n) is 6.57. The maximum Gasteiger partial charge on any atom is 0.192 e. The molecule has 1 aromatic carbocycles. The zero-order valence-corrected chi connectivity index (χ0v) is 18.5. The molecule has 0 bridgehead atoms. The summed E-state index contributed by atoms with van der Waals surface area (Å²) in [4.78, 5) is 4.57. The van der Waals surface area contributed by atoms with E-state index in [0.717, 1.165) is 46.3 Å². The van der Waals surface area contributed by atoms with Crippen molar-refractivity contribution in [3.63, 3.8) is 0 Å². The molecule has 7 heteroatoms. The number of fused-ring (bicyclic) bond motifs is 1. The number of aliphatic imine (C=N–C) groups is 1. The van der Waals surface area contributed by atoms with Crippen molar-refractivity contribution in [1.82, 2.24) is 15.8 Å². The van der Waals surface area contributed by atoms with Crippen LogP contribution in [0.4, 0.5) is 0 Å². The second kappa shape index (κ2) is 9.77. The minimum absolute atomic E-state index is 0. The monoisotopic (exact) mass is 482 g/mol. The number of para-hydroxylation sites is 1. The molecule has 2 heterocycles. The van der Waals surface area contributed by atoms with Gasteiger partial charge < -0.3 is 19.6 Å². The quantitative estimate of drug-likeness (QED) is 0.302. The molecule has 3 rings (SSSR count). The summed E-state index contributed by atoms with van der Waals surface area (Å²) in [5.41, 5.74) is 3.01. The van der Waals surface area contributed by atoms with Crippen LogP contribution < -0.4 is 10.6 Å². The highest BCUT2D eigenvalue weighted by atomic mass is 127. The van der Waals surface area contributed by atoms with Crippen LogP contribution in [0, 0.1) is 6.92 Å². The van der Waals surface area contributed by atoms with Gasteiger partial charge in [-0.2, -0.15) is 0 Å². The van der Waals surface area contributed by atoms with Gasteiger partial charge in [0, 0.05) is 23.6 Å². The smallest absolute Gasteiger partial charge is 0.192 e. The maximum absolute atomic E-state index is 5.95. The van der Waals surface area contributed by atoms with E-state index in [9.17, 15) is 0 Å². The highest BCUT2D eigenvalue weighted by Gasteiger charge is 2.11. The molecular weight excluding hydrogens is 455 g/mol. The van der Waals surface area contributed by atoms with Crippen molar-refractivity contribution in [2.45, 2.75) is 46.7 Å². The molecule has 0 unspecified atom stereocenters. The standard InChI is InChI=1S/C20H26N4O2.HI/c1-5-21-20(22-11-15-10-17(13(2)3)24-26-15)23-12-19-14(4)16-8-6-7-9-18(16)25-19;/h6-10,13H,5,11-12H2,1-4H3,(H2,21,22,23);1H. The van der Waals surface area contributed by atoms with Crippen LogP contribution in [-0.4, -0.2) is 17.7 Å². The van der Waals surface area contributed by atoms with Gasteiger partial charge in [-0.3, -0.25) is 0 Å². The number of nitrogens with one attached hydrogen (secondary N) is 2. The summed E-state index contributed by atoms with van der Waals surface area (Å²) in [6.45, 7) is 10.1. The molecule has 0 fully saturated rings. The van der Waals surface area contributed by atoms with E-state index in [-0.39, 0.29) is 24.0 Å². The van der Waals surface area contributed by atoms with Crippen molar-refractivity contribution in [1.29, 1.82) is 0 Å². The summed E-state index contributed by atoms with van der Waals surface area (Å²) >= 11 is 0. The zero-order valence-electron chi connectivity index (χ0n) is 16.2. The first-order chi connectivity index (χ1) is 12.6. The van der Waals surface area contributed by atoms with Crippen LogP contribution in [-0.2, 0) is 13.1 Å². The molecule has 3 aromatic rings. The number of aromatic nitrogens is 1. The number of aryl methyl sites for hydroxylation is 1. The predicted molar refractivity (Wildman–Crippen MR) is 119 cm³/mol. The largest absolute Gasteiger partial charge is 0.459 e. The lowest BCUT2D eigenvalue weighted by Gasteiger charge is -2.10. The molecule has 27 heavy (non-hydrogen) atoms. The van der Waals surface area contributed by atoms with E-state index >= 15 is 0 Å². The fourth-order valence-corrected chi connectivity index (χ4v) is 2.73. The summed E-state index contributed by atoms with van der Waals surface area (Å²) in [5, 5.41) is 11.8. The van der Waals surface area contributed by atoms with Gasteiger partial charge in [0.2, 0.25) is 0 Å². The van der Waals surface area contributed by atoms with Gasteiger partial charge in [-0.25, -0.2) is 4.99 Å². The summed E-state index contributed by atoms with van der Waals surface area (Å²) in [6.07, 6.45) is 0. The third kappa shape index (κ3) is 5.24. The van der Waals surface area contributed by atoms with Crippen molar-refractivity contribution < 1.29 is 8.94 Å². The number of hydrogen-bond donors (Lipinski definition) is 2. The fraction of sp³-hybridized carbons (Fsp3) is 0.400. The minimum atomic E-state index is 0. The molecule has 6 nitrogen and oxygen atoms in total. The highest BCUT2D eigenvalue weighted by Crippen LogP contribution is 2.24. The Balaban J connectivity index is 0.00000261. The molecule has 0 atom stereocenters. The number of benzene rings is 1. The van der Waals surface area contributed by atoms with Crippen molar-refractivity contribution in [3.05, 3.63) is 53.1 Å². The number of hydrogen-bond acceptors (Lipinski definition) is 4. The van der Waals surface area contributed by atoms with Crippen molar-refractivity contribution >= 4 is 40.9 Å². The van der Waals surface area contributed by atoms with Crippen molar-refractivity contribution in [2.75, 3.05) is 6.54 Å². The van der Waals surface area contributed by atoms with E-state index in [1.54, 1.807) is 0 Å². The second-order valence-corrected chi connectivity index (χ2v) is 6.57. The average molecular weight is 482 g/mol. The number of furan rings is 1. The van der Waals surface area contributed by atoms with Crippen LogP contribution in [0.2, 0.25) is 0 Å². The highest BCUT2D eigenvalue weighted by molar-refractivity contribution is 14.0. The molecule has 0 amide bonds. The summed E-state index contributed by atoms with van der Waals surface area (Å²) < 4.78 is 11.3. The van der Waals surface area contributed by atoms with Gasteiger partial charge in [-0.05, 0) is 25.8 Å². The molecule has 146 valence electrons. The van der Waals surface area contributed by atoms with Crippen molar-refractivity contribution in [3.8, 4) is 0 Å². The first kappa shape index (κ1) is 21.3. The fourth-order valence-electron chi connectivity index (χ4n) is 2.73. The minimum Gasteiger partial charge on any atom is -0.459 e. The summed E-state index contributed by atoms with van der Waals surface area (Å²) in [7, 11) is 0. The van der Waals surface area contributed by atoms with Crippen LogP contribution in [0.1, 0.15) is 49.5 Å². The average Bonchev–Trinajstić information content (AvgIpc) is 3.23. The first-order valence-corrected chi connectivity index (χ1v) is 9.03. The van der Waals surface area contributed by atoms with E-state index in [2.05, 4.69) is 47.6 Å². The Hall–Kier alpha value is -2.03. The molecule has 0 aliphatic rings. The molecule has 0 saturated heterocycles. The lowest BCUT2D eigenvalue weighted by atomic mass is 10.1. The molecule has 0 spiro atoms. The van der Waals surface area contributed by atoms with Crippen molar-refractivity contribution in [2.24, 2.45) is 4.99 Å².